The van der Waals surface area contributed by atoms with Gasteiger partial charge in [0.2, 0.25) is 11.8 Å². The summed E-state index contributed by atoms with van der Waals surface area (Å²) in [5.41, 5.74) is 3.75. The van der Waals surface area contributed by atoms with E-state index in [9.17, 15) is 9.59 Å². The fourth-order valence-electron chi connectivity index (χ4n) is 3.05. The highest BCUT2D eigenvalue weighted by molar-refractivity contribution is 8.15. The van der Waals surface area contributed by atoms with E-state index in [1.807, 2.05) is 56.3 Å². The van der Waals surface area contributed by atoms with Gasteiger partial charge in [0.15, 0.2) is 5.17 Å². The normalized spacial score (nSPS) is 17.8. The molecule has 0 radical (unpaired) electrons. The standard InChI is InChI=1S/C22H23N3O2S/c1-4-10-25-21(27)19(14-20(26)23-17-8-6-5-7-9-17)28-22(25)24-18-12-15(2)11-16(3)13-18/h4-9,11-13,19H,1,10,14H2,2-3H3,(H,23,26)/t19-/m0/s1. The molecule has 5 nitrogen and oxygen atoms in total. The van der Waals surface area contributed by atoms with E-state index in [1.165, 1.54) is 11.8 Å². The zero-order chi connectivity index (χ0) is 20.1. The minimum atomic E-state index is -0.492. The second kappa shape index (κ2) is 8.89. The SMILES string of the molecule is C=CCN1C(=O)[C@H](CC(=O)Nc2ccccc2)SC1=Nc1cc(C)cc(C)c1. The van der Waals surface area contributed by atoms with Crippen LogP contribution in [0.4, 0.5) is 11.4 Å². The summed E-state index contributed by atoms with van der Waals surface area (Å²) in [6.07, 6.45) is 1.76. The molecule has 3 rings (SSSR count). The highest BCUT2D eigenvalue weighted by Crippen LogP contribution is 2.32. The van der Waals surface area contributed by atoms with Gasteiger partial charge in [0.25, 0.3) is 0 Å². The molecule has 2 aromatic rings. The van der Waals surface area contributed by atoms with E-state index < -0.39 is 5.25 Å². The maximum absolute atomic E-state index is 12.8. The number of thioether (sulfide) groups is 1. The van der Waals surface area contributed by atoms with Crippen molar-refractivity contribution < 1.29 is 9.59 Å². The minimum Gasteiger partial charge on any atom is -0.326 e. The number of aliphatic imine (C=N–C) groups is 1. The smallest absolute Gasteiger partial charge is 0.242 e. The van der Waals surface area contributed by atoms with Crippen LogP contribution in [0.25, 0.3) is 0 Å². The zero-order valence-corrected chi connectivity index (χ0v) is 16.8. The number of benzene rings is 2. The van der Waals surface area contributed by atoms with E-state index in [1.54, 1.807) is 11.0 Å². The molecule has 1 aliphatic heterocycles. The van der Waals surface area contributed by atoms with Gasteiger partial charge >= 0.3 is 0 Å². The van der Waals surface area contributed by atoms with E-state index in [-0.39, 0.29) is 18.2 Å². The van der Waals surface area contributed by atoms with Crippen LogP contribution in [0.15, 0.2) is 66.2 Å². The van der Waals surface area contributed by atoms with Gasteiger partial charge in [-0.25, -0.2) is 4.99 Å². The molecule has 0 spiro atoms. The number of carbonyl (C=O) groups is 2. The number of rotatable bonds is 6. The van der Waals surface area contributed by atoms with E-state index >= 15 is 0 Å². The molecule has 1 heterocycles. The van der Waals surface area contributed by atoms with Crippen LogP contribution >= 0.6 is 11.8 Å². The van der Waals surface area contributed by atoms with Crippen molar-refractivity contribution in [2.24, 2.45) is 4.99 Å². The van der Waals surface area contributed by atoms with Crippen molar-refractivity contribution >= 4 is 40.1 Å². The largest absolute Gasteiger partial charge is 0.326 e. The molecular formula is C22H23N3O2S. The Kier molecular flexibility index (Phi) is 6.31. The van der Waals surface area contributed by atoms with Gasteiger partial charge in [0.05, 0.1) is 5.69 Å². The van der Waals surface area contributed by atoms with Gasteiger partial charge < -0.3 is 5.32 Å². The van der Waals surface area contributed by atoms with Gasteiger partial charge in [0, 0.05) is 18.7 Å². The van der Waals surface area contributed by atoms with Crippen LogP contribution in [0.3, 0.4) is 0 Å². The summed E-state index contributed by atoms with van der Waals surface area (Å²) in [5.74, 6) is -0.306. The molecule has 2 amide bonds. The molecule has 0 unspecified atom stereocenters. The summed E-state index contributed by atoms with van der Waals surface area (Å²) in [6.45, 7) is 8.13. The summed E-state index contributed by atoms with van der Waals surface area (Å²) in [4.78, 5) is 31.5. The summed E-state index contributed by atoms with van der Waals surface area (Å²) < 4.78 is 0. The molecule has 1 fully saturated rings. The average Bonchev–Trinajstić information content (AvgIpc) is 2.90. The van der Waals surface area contributed by atoms with Crippen LogP contribution in [0.2, 0.25) is 0 Å². The molecule has 28 heavy (non-hydrogen) atoms. The summed E-state index contributed by atoms with van der Waals surface area (Å²) in [6, 6.07) is 15.3. The first-order chi connectivity index (χ1) is 13.5. The van der Waals surface area contributed by atoms with Crippen LogP contribution in [0.1, 0.15) is 17.5 Å². The molecule has 0 bridgehead atoms. The van der Waals surface area contributed by atoms with Gasteiger partial charge in [-0.15, -0.1) is 6.58 Å². The molecule has 1 N–H and O–H groups in total. The average molecular weight is 394 g/mol. The lowest BCUT2D eigenvalue weighted by Crippen LogP contribution is -2.33. The number of anilines is 1. The Bertz CT molecular complexity index is 904. The number of hydrogen-bond acceptors (Lipinski definition) is 4. The van der Waals surface area contributed by atoms with Crippen molar-refractivity contribution in [1.82, 2.24) is 4.90 Å². The molecule has 1 saturated heterocycles. The van der Waals surface area contributed by atoms with Crippen molar-refractivity contribution in [3.05, 3.63) is 72.3 Å². The Balaban J connectivity index is 1.77. The van der Waals surface area contributed by atoms with E-state index in [0.717, 1.165) is 22.5 Å². The number of hydrogen-bond donors (Lipinski definition) is 1. The number of nitrogens with zero attached hydrogens (tertiary/aromatic N) is 2. The Morgan fingerprint density at radius 2 is 1.89 bits per heavy atom. The predicted octanol–water partition coefficient (Wildman–Crippen LogP) is 4.45. The lowest BCUT2D eigenvalue weighted by atomic mass is 10.1. The number of para-hydroxylation sites is 1. The highest BCUT2D eigenvalue weighted by atomic mass is 32.2. The number of nitrogens with one attached hydrogen (secondary N) is 1. The fraction of sp³-hybridized carbons (Fsp3) is 0.227. The van der Waals surface area contributed by atoms with Crippen molar-refractivity contribution in [1.29, 1.82) is 0 Å². The summed E-state index contributed by atoms with van der Waals surface area (Å²) >= 11 is 1.33. The van der Waals surface area contributed by atoms with Crippen LogP contribution in [0, 0.1) is 13.8 Å². The topological polar surface area (TPSA) is 61.8 Å². The molecule has 0 aliphatic carbocycles. The fourth-order valence-corrected chi connectivity index (χ4v) is 4.22. The van der Waals surface area contributed by atoms with Gasteiger partial charge in [-0.3, -0.25) is 14.5 Å². The quantitative estimate of drug-likeness (QED) is 0.738. The molecule has 0 saturated carbocycles. The van der Waals surface area contributed by atoms with E-state index in [2.05, 4.69) is 23.0 Å². The number of carbonyl (C=O) groups excluding carboxylic acids is 2. The molecule has 2 aromatic carbocycles. The predicted molar refractivity (Wildman–Crippen MR) is 116 cm³/mol. The van der Waals surface area contributed by atoms with Crippen molar-refractivity contribution in [3.8, 4) is 0 Å². The third-order valence-corrected chi connectivity index (χ3v) is 5.37. The van der Waals surface area contributed by atoms with Crippen molar-refractivity contribution in [3.63, 3.8) is 0 Å². The molecule has 1 atom stereocenters. The first kappa shape index (κ1) is 19.9. The van der Waals surface area contributed by atoms with Crippen LogP contribution in [-0.2, 0) is 9.59 Å². The zero-order valence-electron chi connectivity index (χ0n) is 16.0. The Labute approximate surface area is 169 Å². The van der Waals surface area contributed by atoms with E-state index in [4.69, 9.17) is 0 Å². The minimum absolute atomic E-state index is 0.0951. The van der Waals surface area contributed by atoms with Crippen molar-refractivity contribution in [2.75, 3.05) is 11.9 Å². The molecular weight excluding hydrogens is 370 g/mol. The molecule has 144 valence electrons. The molecule has 1 aliphatic rings. The number of amidine groups is 1. The highest BCUT2D eigenvalue weighted by Gasteiger charge is 2.38. The van der Waals surface area contributed by atoms with Gasteiger partial charge in [-0.1, -0.05) is 42.1 Å². The molecule has 0 aromatic heterocycles. The van der Waals surface area contributed by atoms with Crippen molar-refractivity contribution in [2.45, 2.75) is 25.5 Å². The second-order valence-corrected chi connectivity index (χ2v) is 7.87. The second-order valence-electron chi connectivity index (χ2n) is 6.70. The van der Waals surface area contributed by atoms with Crippen LogP contribution in [0.5, 0.6) is 0 Å². The lowest BCUT2D eigenvalue weighted by molar-refractivity contribution is -0.127. The lowest BCUT2D eigenvalue weighted by Gasteiger charge is -2.14. The van der Waals surface area contributed by atoms with E-state index in [0.29, 0.717) is 11.7 Å². The Morgan fingerprint density at radius 1 is 1.21 bits per heavy atom. The third kappa shape index (κ3) is 4.89. The van der Waals surface area contributed by atoms with Gasteiger partial charge in [-0.2, -0.15) is 0 Å². The number of amides is 2. The number of aryl methyl sites for hydroxylation is 2. The monoisotopic (exact) mass is 393 g/mol. The third-order valence-electron chi connectivity index (χ3n) is 4.19. The van der Waals surface area contributed by atoms with Crippen LogP contribution in [-0.4, -0.2) is 33.7 Å². The Hall–Kier alpha value is -2.86. The Morgan fingerprint density at radius 3 is 2.54 bits per heavy atom. The summed E-state index contributed by atoms with van der Waals surface area (Å²) in [7, 11) is 0. The van der Waals surface area contributed by atoms with Gasteiger partial charge in [0.1, 0.15) is 5.25 Å². The first-order valence-electron chi connectivity index (χ1n) is 9.07. The maximum atomic E-state index is 12.8. The summed E-state index contributed by atoms with van der Waals surface area (Å²) in [5, 5.41) is 2.94. The molecule has 6 heteroatoms. The first-order valence-corrected chi connectivity index (χ1v) is 9.95. The van der Waals surface area contributed by atoms with Gasteiger partial charge in [-0.05, 0) is 49.2 Å². The van der Waals surface area contributed by atoms with Crippen LogP contribution < -0.4 is 5.32 Å². The maximum Gasteiger partial charge on any atom is 0.242 e.